The Morgan fingerprint density at radius 3 is 0.955 bits per heavy atom. The van der Waals surface area contributed by atoms with Crippen molar-refractivity contribution >= 4 is 159 Å². The molecule has 0 saturated carbocycles. The lowest BCUT2D eigenvalue weighted by atomic mass is 10.1. The van der Waals surface area contributed by atoms with Gasteiger partial charge in [-0.2, -0.15) is 0 Å². The second-order valence-electron chi connectivity index (χ2n) is 4.15. The quantitative estimate of drug-likeness (QED) is 0.230. The molecule has 0 unspecified atom stereocenters. The summed E-state index contributed by atoms with van der Waals surface area (Å²) in [6.07, 6.45) is 0. The third-order valence-electron chi connectivity index (χ3n) is 2.67. The lowest BCUT2D eigenvalue weighted by Crippen LogP contribution is -2.59. The summed E-state index contributed by atoms with van der Waals surface area (Å²) in [5.41, 5.74) is 0. The predicted molar refractivity (Wildman–Crippen MR) is 129 cm³/mol. The van der Waals surface area contributed by atoms with Crippen molar-refractivity contribution in [3.63, 3.8) is 0 Å². The van der Waals surface area contributed by atoms with Crippen LogP contribution in [0.1, 0.15) is 0 Å². The zero-order valence-electron chi connectivity index (χ0n) is 10.4. The number of rotatable bonds is 0. The van der Waals surface area contributed by atoms with E-state index < -0.39 is 12.9 Å². The zero-order valence-corrected chi connectivity index (χ0v) is 26.3. The van der Waals surface area contributed by atoms with Crippen molar-refractivity contribution in [1.29, 1.82) is 0 Å². The summed E-state index contributed by atoms with van der Waals surface area (Å²) in [7, 11) is 0. The third kappa shape index (κ3) is 4.71. The van der Waals surface area contributed by atoms with Crippen LogP contribution in [0.5, 0.6) is 0 Å². The zero-order chi connectivity index (χ0) is 17.4. The van der Waals surface area contributed by atoms with Crippen LogP contribution < -0.4 is 0 Å². The fraction of sp³-hybridized carbons (Fsp3) is 0.800. The first-order valence-electron chi connectivity index (χ1n) is 5.54. The maximum Gasteiger partial charge on any atom is 0.140 e. The first-order valence-corrected chi connectivity index (χ1v) is 13.5. The molecule has 0 bridgehead atoms. The summed E-state index contributed by atoms with van der Waals surface area (Å²) in [6.45, 7) is 3.11. The molecule has 0 aromatic rings. The molecule has 0 atom stereocenters. The number of halogens is 10. The Morgan fingerprint density at radius 1 is 0.545 bits per heavy atom. The second kappa shape index (κ2) is 9.31. The van der Waals surface area contributed by atoms with Gasteiger partial charge in [0.2, 0.25) is 0 Å². The minimum absolute atomic E-state index is 0.552. The fourth-order valence-electron chi connectivity index (χ4n) is 1.39. The standard InChI is InChI=1S/C6Br10.C4H8O2/c7-1-2(8)4(11,12)6(15,16)5(13,14)3(1,9)10;1-2-6-4-3-5-1/h;1-4H2. The van der Waals surface area contributed by atoms with Crippen LogP contribution in [0, 0.1) is 0 Å². The molecular weight excluding hydrogens is 951 g/mol. The Balaban J connectivity index is 0.000000335. The van der Waals surface area contributed by atoms with Crippen molar-refractivity contribution in [2.24, 2.45) is 0 Å². The van der Waals surface area contributed by atoms with Gasteiger partial charge in [0.15, 0.2) is 0 Å². The molecule has 1 aliphatic heterocycles. The van der Waals surface area contributed by atoms with Crippen molar-refractivity contribution in [1.82, 2.24) is 0 Å². The normalized spacial score (nSPS) is 28.6. The lowest BCUT2D eigenvalue weighted by molar-refractivity contribution is -0.0334. The molecular formula is C10H8Br10O2. The van der Waals surface area contributed by atoms with Crippen molar-refractivity contribution in [3.05, 3.63) is 8.96 Å². The van der Waals surface area contributed by atoms with Crippen molar-refractivity contribution in [2.75, 3.05) is 26.4 Å². The van der Waals surface area contributed by atoms with Gasteiger partial charge in [-0.1, -0.05) is 159 Å². The van der Waals surface area contributed by atoms with Crippen LogP contribution in [0.3, 0.4) is 0 Å². The summed E-state index contributed by atoms with van der Waals surface area (Å²) in [4.78, 5) is 0. The molecule has 1 fully saturated rings. The lowest BCUT2D eigenvalue weighted by Gasteiger charge is -2.53. The van der Waals surface area contributed by atoms with E-state index in [1.54, 1.807) is 0 Å². The minimum Gasteiger partial charge on any atom is -0.377 e. The van der Waals surface area contributed by atoms with E-state index in [1.165, 1.54) is 0 Å². The van der Waals surface area contributed by atoms with Gasteiger partial charge in [0.25, 0.3) is 0 Å². The Labute approximate surface area is 213 Å². The Hall–Kier alpha value is 4.46. The monoisotopic (exact) mass is 949 g/mol. The SMILES string of the molecule is BrC1=C(Br)C(Br)(Br)C(Br)(Br)C(Br)(Br)C1(Br)Br.C1COCCO1. The van der Waals surface area contributed by atoms with Gasteiger partial charge in [-0.15, -0.1) is 0 Å². The molecule has 12 heteroatoms. The van der Waals surface area contributed by atoms with Crippen LogP contribution >= 0.6 is 159 Å². The highest BCUT2D eigenvalue weighted by molar-refractivity contribution is 9.35. The van der Waals surface area contributed by atoms with Crippen molar-refractivity contribution in [2.45, 2.75) is 12.9 Å². The molecule has 0 aromatic carbocycles. The molecule has 0 aromatic heterocycles. The van der Waals surface area contributed by atoms with Gasteiger partial charge >= 0.3 is 0 Å². The van der Waals surface area contributed by atoms with Crippen LogP contribution in [-0.2, 0) is 9.47 Å². The van der Waals surface area contributed by atoms with Gasteiger partial charge in [-0.05, 0) is 0 Å². The summed E-state index contributed by atoms with van der Waals surface area (Å²) in [5.74, 6) is 0. The van der Waals surface area contributed by atoms with Gasteiger partial charge in [0.05, 0.1) is 26.4 Å². The highest BCUT2D eigenvalue weighted by Gasteiger charge is 2.70. The number of alkyl halides is 8. The predicted octanol–water partition coefficient (Wildman–Crippen LogP) is 7.98. The highest BCUT2D eigenvalue weighted by Crippen LogP contribution is 2.75. The molecule has 130 valence electrons. The number of ether oxygens (including phenoxy) is 2. The molecule has 0 amide bonds. The average Bonchev–Trinajstić information content (AvgIpc) is 2.46. The molecule has 2 rings (SSSR count). The van der Waals surface area contributed by atoms with Gasteiger partial charge in [0, 0.05) is 8.96 Å². The summed E-state index contributed by atoms with van der Waals surface area (Å²) >= 11 is 36.3. The molecule has 1 saturated heterocycles. The second-order valence-corrected chi connectivity index (χ2v) is 19.5. The van der Waals surface area contributed by atoms with Crippen LogP contribution in [0.2, 0.25) is 0 Å². The first kappa shape index (κ1) is 24.5. The van der Waals surface area contributed by atoms with Crippen molar-refractivity contribution in [3.8, 4) is 0 Å². The largest absolute Gasteiger partial charge is 0.377 e. The van der Waals surface area contributed by atoms with Gasteiger partial charge in [-0.25, -0.2) is 0 Å². The summed E-state index contributed by atoms with van der Waals surface area (Å²) in [5, 5.41) is 0. The Kier molecular flexibility index (Phi) is 10.4. The highest BCUT2D eigenvalue weighted by atomic mass is 79.9. The maximum atomic E-state index is 4.94. The van der Waals surface area contributed by atoms with E-state index >= 15 is 0 Å². The molecule has 2 aliphatic rings. The Morgan fingerprint density at radius 2 is 0.773 bits per heavy atom. The number of hydrogen-bond donors (Lipinski definition) is 0. The third-order valence-corrected chi connectivity index (χ3v) is 22.4. The van der Waals surface area contributed by atoms with Crippen LogP contribution in [-0.4, -0.2) is 39.4 Å². The van der Waals surface area contributed by atoms with E-state index in [0.717, 1.165) is 35.4 Å². The topological polar surface area (TPSA) is 18.5 Å². The smallest absolute Gasteiger partial charge is 0.140 e. The Bertz CT molecular complexity index is 395. The van der Waals surface area contributed by atoms with Crippen molar-refractivity contribution < 1.29 is 9.47 Å². The van der Waals surface area contributed by atoms with E-state index in [-0.39, 0.29) is 0 Å². The molecule has 0 radical (unpaired) electrons. The van der Waals surface area contributed by atoms with Crippen LogP contribution in [0.25, 0.3) is 0 Å². The maximum absolute atomic E-state index is 4.94. The van der Waals surface area contributed by atoms with Gasteiger partial charge < -0.3 is 9.47 Å². The number of allylic oxidation sites excluding steroid dienone is 2. The van der Waals surface area contributed by atoms with E-state index in [0.29, 0.717) is 0 Å². The molecule has 2 nitrogen and oxygen atoms in total. The van der Waals surface area contributed by atoms with E-state index in [1.807, 2.05) is 0 Å². The molecule has 1 heterocycles. The minimum atomic E-state index is -0.580. The molecule has 1 aliphatic carbocycles. The summed E-state index contributed by atoms with van der Waals surface area (Å²) < 4.78 is 9.43. The van der Waals surface area contributed by atoms with Gasteiger partial charge in [0.1, 0.15) is 12.9 Å². The summed E-state index contributed by atoms with van der Waals surface area (Å²) in [6, 6.07) is 0. The van der Waals surface area contributed by atoms with Gasteiger partial charge in [-0.3, -0.25) is 0 Å². The molecule has 22 heavy (non-hydrogen) atoms. The van der Waals surface area contributed by atoms with Crippen LogP contribution in [0.4, 0.5) is 0 Å². The first-order chi connectivity index (χ1) is 9.82. The average molecular weight is 959 g/mol. The van der Waals surface area contributed by atoms with Crippen LogP contribution in [0.15, 0.2) is 8.96 Å². The van der Waals surface area contributed by atoms with E-state index in [9.17, 15) is 0 Å². The fourth-order valence-corrected chi connectivity index (χ4v) is 10.8. The molecule has 0 N–H and O–H groups in total. The van der Waals surface area contributed by atoms with E-state index in [2.05, 4.69) is 159 Å². The van der Waals surface area contributed by atoms with E-state index in [4.69, 9.17) is 9.47 Å². The molecule has 0 spiro atoms. The number of hydrogen-bond acceptors (Lipinski definition) is 2.